The monoisotopic (exact) mass is 1570 g/mol. The molecule has 10 rings (SSSR count). The summed E-state index contributed by atoms with van der Waals surface area (Å²) in [5.74, 6) is 14.6. The smallest absolute Gasteiger partial charge is 0.0110 e. The van der Waals surface area contributed by atoms with Gasteiger partial charge in [-0.25, -0.2) is 0 Å². The third kappa shape index (κ3) is 39.3. The second-order valence-corrected chi connectivity index (χ2v) is 54.0. The molecule has 9 aliphatic rings. The molecule has 0 spiro atoms. The molecule has 1 aliphatic heterocycles. The van der Waals surface area contributed by atoms with Crippen LogP contribution in [0.2, 0.25) is 0 Å². The van der Waals surface area contributed by atoms with E-state index in [9.17, 15) is 0 Å². The van der Waals surface area contributed by atoms with Crippen LogP contribution in [0.15, 0.2) is 0 Å². The van der Waals surface area contributed by atoms with Crippen LogP contribution < -0.4 is 0 Å². The van der Waals surface area contributed by atoms with Crippen LogP contribution in [-0.2, 0) is 19.3 Å². The Morgan fingerprint density at radius 1 is 0.223 bits per heavy atom. The Morgan fingerprint density at radius 3 is 0.598 bits per heavy atom. The van der Waals surface area contributed by atoms with Crippen LogP contribution in [0.25, 0.3) is 0 Å². The van der Waals surface area contributed by atoms with Crippen LogP contribution in [0.3, 0.4) is 0 Å². The molecule has 0 atom stereocenters. The average molecular weight is 1570 g/mol. The highest BCUT2D eigenvalue weighted by Crippen LogP contribution is 2.68. The normalized spacial score (nSPS) is 27.0. The number of hydrogen-bond donors (Lipinski definition) is 0. The lowest BCUT2D eigenvalue weighted by molar-refractivity contribution is -0.154. The van der Waals surface area contributed by atoms with Crippen molar-refractivity contribution in [2.75, 3.05) is 58.9 Å². The van der Waals surface area contributed by atoms with Crippen molar-refractivity contribution >= 4 is 0 Å². The molecule has 1 heterocycles. The standard InChI is InChI=1S/C28H52.C27H48.C25H53N3.C25H46.4CH4/c1-26(2,3)13-10-20-23-16-19-17-24(20)22(12-15-28(7,8)9)25(18-19)21(23)11-14-27(4,5)6;1-19-22(13-16-25(4,5)6)20(2)24(15-18-27(10,11)12)21(3)23(19)14-17-26(7,8)9;1-23(2,3)11-10-14-26-17-19-27(15-12-24(4,5)6)21-22-28(20-18-26)16-13-25(7,8)9;1-23(2,3)13-20-17-10-16-11-18(20)22(15-25(7,8)9)19(12-16)21(17)14-24(4,5)6;;;;/h19-25H,10-18H2,1-9H3;13-18H2,1-12H3;10-22H2,1-9H3;16-22H,10-15H2,1-9H3;4*1H4. The van der Waals surface area contributed by atoms with Crippen molar-refractivity contribution in [3.63, 3.8) is 0 Å². The van der Waals surface area contributed by atoms with Gasteiger partial charge in [0, 0.05) is 39.3 Å². The summed E-state index contributed by atoms with van der Waals surface area (Å²) in [6.07, 6.45) is 35.3. The Balaban J connectivity index is 0.000000738. The Kier molecular flexibility index (Phi) is 42.1. The predicted molar refractivity (Wildman–Crippen MR) is 512 cm³/mol. The molecule has 1 aromatic carbocycles. The number of nitrogens with zero attached hydrogens (tertiary/aromatic N) is 3. The third-order valence-corrected chi connectivity index (χ3v) is 28.5. The molecule has 8 bridgehead atoms. The summed E-state index contributed by atoms with van der Waals surface area (Å²) in [7, 11) is 0. The van der Waals surface area contributed by atoms with Gasteiger partial charge >= 0.3 is 0 Å². The van der Waals surface area contributed by atoms with E-state index in [4.69, 9.17) is 0 Å². The van der Waals surface area contributed by atoms with E-state index in [-0.39, 0.29) is 29.7 Å². The molecule has 3 nitrogen and oxygen atoms in total. The van der Waals surface area contributed by atoms with E-state index in [2.05, 4.69) is 285 Å². The molecule has 0 aromatic heterocycles. The van der Waals surface area contributed by atoms with Gasteiger partial charge in [-0.3, -0.25) is 0 Å². The van der Waals surface area contributed by atoms with Crippen LogP contribution in [0.4, 0.5) is 0 Å². The van der Waals surface area contributed by atoms with Crippen LogP contribution >= 0.6 is 0 Å². The van der Waals surface area contributed by atoms with Crippen LogP contribution in [-0.4, -0.2) is 73.6 Å². The highest BCUT2D eigenvalue weighted by atomic mass is 15.3. The van der Waals surface area contributed by atoms with Gasteiger partial charge in [0.15, 0.2) is 0 Å². The van der Waals surface area contributed by atoms with Gasteiger partial charge in [0.1, 0.15) is 0 Å². The fourth-order valence-corrected chi connectivity index (χ4v) is 22.6. The minimum absolute atomic E-state index is 0. The van der Waals surface area contributed by atoms with Crippen molar-refractivity contribution in [3.05, 3.63) is 33.4 Å². The van der Waals surface area contributed by atoms with Crippen molar-refractivity contribution in [1.29, 1.82) is 0 Å². The van der Waals surface area contributed by atoms with E-state index < -0.39 is 0 Å². The maximum atomic E-state index is 2.74. The van der Waals surface area contributed by atoms with Crippen LogP contribution in [0.1, 0.15) is 454 Å². The molecule has 0 radical (unpaired) electrons. The van der Waals surface area contributed by atoms with Crippen molar-refractivity contribution in [2.24, 2.45) is 148 Å². The molecule has 8 saturated carbocycles. The summed E-state index contributed by atoms with van der Waals surface area (Å²) in [6, 6.07) is 0. The minimum atomic E-state index is 0. The first-order chi connectivity index (χ1) is 48.7. The van der Waals surface area contributed by atoms with E-state index in [1.54, 1.807) is 71.9 Å². The van der Waals surface area contributed by atoms with Gasteiger partial charge in [-0.05, 0) is 382 Å². The number of rotatable bonds is 22. The molecule has 3 heteroatoms. The van der Waals surface area contributed by atoms with Gasteiger partial charge in [0.05, 0.1) is 0 Å². The van der Waals surface area contributed by atoms with E-state index in [0.29, 0.717) is 65.0 Å². The van der Waals surface area contributed by atoms with Crippen molar-refractivity contribution in [3.8, 4) is 0 Å². The quantitative estimate of drug-likeness (QED) is 0.115. The summed E-state index contributed by atoms with van der Waals surface area (Å²) >= 11 is 0. The molecule has 112 heavy (non-hydrogen) atoms. The van der Waals surface area contributed by atoms with E-state index >= 15 is 0 Å². The van der Waals surface area contributed by atoms with Gasteiger partial charge < -0.3 is 14.7 Å². The Labute approximate surface area is 710 Å². The first-order valence-electron chi connectivity index (χ1n) is 47.0. The van der Waals surface area contributed by atoms with Gasteiger partial charge in [-0.1, -0.05) is 279 Å². The summed E-state index contributed by atoms with van der Waals surface area (Å²) in [5.41, 5.74) is 15.1. The van der Waals surface area contributed by atoms with E-state index in [0.717, 1.165) is 82.9 Å². The minimum Gasteiger partial charge on any atom is -0.301 e. The molecule has 0 amide bonds. The van der Waals surface area contributed by atoms with Gasteiger partial charge in [0.25, 0.3) is 0 Å². The van der Waals surface area contributed by atoms with Crippen LogP contribution in [0, 0.1) is 169 Å². The van der Waals surface area contributed by atoms with Gasteiger partial charge in [0.2, 0.25) is 0 Å². The zero-order valence-electron chi connectivity index (χ0n) is 81.5. The molecule has 9 fully saturated rings. The lowest BCUT2D eigenvalue weighted by Gasteiger charge is -2.64. The maximum Gasteiger partial charge on any atom is 0.0110 e. The summed E-state index contributed by atoms with van der Waals surface area (Å²) in [4.78, 5) is 8.21. The first kappa shape index (κ1) is 109. The molecule has 1 aromatic rings. The number of hydrogen-bond acceptors (Lipinski definition) is 3. The highest BCUT2D eigenvalue weighted by Gasteiger charge is 2.60. The molecular formula is C109H215N3. The fourth-order valence-electron chi connectivity index (χ4n) is 22.6. The summed E-state index contributed by atoms with van der Waals surface area (Å²) in [5, 5.41) is 0. The second kappa shape index (κ2) is 43.2. The van der Waals surface area contributed by atoms with E-state index in [1.165, 1.54) is 181 Å². The Hall–Kier alpha value is -0.900. The van der Waals surface area contributed by atoms with Crippen molar-refractivity contribution < 1.29 is 0 Å². The lowest BCUT2D eigenvalue weighted by atomic mass is 9.41. The topological polar surface area (TPSA) is 9.72 Å². The third-order valence-electron chi connectivity index (χ3n) is 28.5. The molecule has 0 unspecified atom stereocenters. The second-order valence-electron chi connectivity index (χ2n) is 54.0. The lowest BCUT2D eigenvalue weighted by Crippen LogP contribution is -2.57. The Morgan fingerprint density at radius 2 is 0.411 bits per heavy atom. The molecule has 0 N–H and O–H groups in total. The maximum absolute atomic E-state index is 2.74. The molecule has 8 aliphatic carbocycles. The van der Waals surface area contributed by atoms with Crippen molar-refractivity contribution in [1.82, 2.24) is 14.7 Å². The largest absolute Gasteiger partial charge is 0.301 e. The highest BCUT2D eigenvalue weighted by molar-refractivity contribution is 5.51. The summed E-state index contributed by atoms with van der Waals surface area (Å²) in [6.45, 7) is 105. The zero-order valence-corrected chi connectivity index (χ0v) is 81.5. The van der Waals surface area contributed by atoms with Gasteiger partial charge in [-0.15, -0.1) is 0 Å². The van der Waals surface area contributed by atoms with Crippen molar-refractivity contribution in [2.45, 2.75) is 460 Å². The van der Waals surface area contributed by atoms with Crippen LogP contribution in [0.5, 0.6) is 0 Å². The molecule has 666 valence electrons. The molecule has 1 saturated heterocycles. The number of benzene rings is 1. The van der Waals surface area contributed by atoms with E-state index in [1.807, 2.05) is 0 Å². The fraction of sp³-hybridized carbons (Fsp3) is 0.945. The predicted octanol–water partition coefficient (Wildman–Crippen LogP) is 33.5. The first-order valence-corrected chi connectivity index (χ1v) is 47.0. The van der Waals surface area contributed by atoms with Gasteiger partial charge in [-0.2, -0.15) is 0 Å². The zero-order chi connectivity index (χ0) is 82.3. The summed E-state index contributed by atoms with van der Waals surface area (Å²) < 4.78 is 0. The SMILES string of the molecule is C.C.C.C.CC(C)(C)CC1C2CC3CC1C(CC(C)(C)C)C(C3)C2CC(C)(C)C.CC(C)(C)CCC1C2CC3CC1C(CCC(C)(C)C)C(C3)C2CCC(C)(C)C.CC(C)(C)CCCN1CCN(CCC(C)(C)C)CCN(CCC(C)(C)C)CC1.Cc1c(CCC(C)(C)C)c(C)c(CCC(C)(C)C)c(C)c1CCC(C)(C)C. The molecular weight excluding hydrogens is 1350 g/mol. The Bertz CT molecular complexity index is 2460. The average Bonchev–Trinajstić information content (AvgIpc) is 0.725.